The Kier molecular flexibility index (Phi) is 6.52. The minimum atomic E-state index is 0.0416. The number of nitrogens with zero attached hydrogens (tertiary/aromatic N) is 2. The van der Waals surface area contributed by atoms with Gasteiger partial charge in [0.1, 0.15) is 5.69 Å². The molecule has 1 N–H and O–H groups in total. The number of rotatable bonds is 8. The maximum atomic E-state index is 12.1. The van der Waals surface area contributed by atoms with Gasteiger partial charge in [-0.3, -0.25) is 9.48 Å². The summed E-state index contributed by atoms with van der Waals surface area (Å²) in [5.74, 6) is 0.0416. The van der Waals surface area contributed by atoms with E-state index >= 15 is 0 Å². The van der Waals surface area contributed by atoms with E-state index in [4.69, 9.17) is 0 Å². The highest BCUT2D eigenvalue weighted by molar-refractivity contribution is 7.99. The lowest BCUT2D eigenvalue weighted by atomic mass is 10.1. The molecule has 1 aromatic carbocycles. The SMILES string of the molecule is CC(C)Sc1ccc(CC(=O)NCCn2ccc(-c3cccs3)n2)cc1. The highest BCUT2D eigenvalue weighted by atomic mass is 32.2. The molecule has 136 valence electrons. The van der Waals surface area contributed by atoms with Crippen LogP contribution in [0.4, 0.5) is 0 Å². The first-order valence-corrected chi connectivity index (χ1v) is 10.5. The first kappa shape index (κ1) is 18.7. The number of benzene rings is 1. The molecule has 0 unspecified atom stereocenters. The number of nitrogens with one attached hydrogen (secondary N) is 1. The summed E-state index contributed by atoms with van der Waals surface area (Å²) in [6, 6.07) is 14.3. The van der Waals surface area contributed by atoms with Crippen molar-refractivity contribution in [2.45, 2.75) is 37.0 Å². The van der Waals surface area contributed by atoms with Crippen LogP contribution < -0.4 is 5.32 Å². The van der Waals surface area contributed by atoms with Crippen LogP contribution in [0.3, 0.4) is 0 Å². The molecule has 0 fully saturated rings. The van der Waals surface area contributed by atoms with Crippen LogP contribution in [0.15, 0.2) is 58.9 Å². The Hall–Kier alpha value is -2.05. The van der Waals surface area contributed by atoms with E-state index in [1.807, 2.05) is 52.3 Å². The van der Waals surface area contributed by atoms with Crippen molar-refractivity contribution in [1.82, 2.24) is 15.1 Å². The molecular formula is C20H23N3OS2. The lowest BCUT2D eigenvalue weighted by molar-refractivity contribution is -0.120. The fraction of sp³-hybridized carbons (Fsp3) is 0.300. The fourth-order valence-corrected chi connectivity index (χ4v) is 4.09. The van der Waals surface area contributed by atoms with Gasteiger partial charge in [0.05, 0.1) is 17.8 Å². The topological polar surface area (TPSA) is 46.9 Å². The molecule has 0 radical (unpaired) electrons. The summed E-state index contributed by atoms with van der Waals surface area (Å²) in [5.41, 5.74) is 2.01. The second-order valence-electron chi connectivity index (χ2n) is 6.28. The molecule has 3 aromatic rings. The van der Waals surface area contributed by atoms with Gasteiger partial charge in [0, 0.05) is 22.9 Å². The van der Waals surface area contributed by atoms with Crippen molar-refractivity contribution in [1.29, 1.82) is 0 Å². The van der Waals surface area contributed by atoms with Gasteiger partial charge in [0.15, 0.2) is 0 Å². The maximum Gasteiger partial charge on any atom is 0.224 e. The molecule has 0 saturated heterocycles. The van der Waals surface area contributed by atoms with Crippen LogP contribution in [0, 0.1) is 0 Å². The van der Waals surface area contributed by atoms with Crippen LogP contribution >= 0.6 is 23.1 Å². The number of hydrogen-bond acceptors (Lipinski definition) is 4. The summed E-state index contributed by atoms with van der Waals surface area (Å²) >= 11 is 3.51. The summed E-state index contributed by atoms with van der Waals surface area (Å²) in [6.07, 6.45) is 2.36. The maximum absolute atomic E-state index is 12.1. The zero-order valence-electron chi connectivity index (χ0n) is 15.0. The van der Waals surface area contributed by atoms with Crippen molar-refractivity contribution >= 4 is 29.0 Å². The molecular weight excluding hydrogens is 362 g/mol. The summed E-state index contributed by atoms with van der Waals surface area (Å²) in [5, 5.41) is 10.1. The lowest BCUT2D eigenvalue weighted by Gasteiger charge is -2.07. The van der Waals surface area contributed by atoms with E-state index in [9.17, 15) is 4.79 Å². The Balaban J connectivity index is 1.43. The molecule has 0 aliphatic rings. The standard InChI is InChI=1S/C20H23N3OS2/c1-15(2)26-17-7-5-16(6-8-17)14-20(24)21-10-12-23-11-9-18(22-23)19-4-3-13-25-19/h3-9,11,13,15H,10,12,14H2,1-2H3,(H,21,24). The molecule has 26 heavy (non-hydrogen) atoms. The van der Waals surface area contributed by atoms with Gasteiger partial charge in [-0.25, -0.2) is 0 Å². The predicted molar refractivity (Wildman–Crippen MR) is 110 cm³/mol. The molecule has 0 spiro atoms. The van der Waals surface area contributed by atoms with Crippen LogP contribution in [0.1, 0.15) is 19.4 Å². The van der Waals surface area contributed by atoms with Crippen LogP contribution in [0.5, 0.6) is 0 Å². The Bertz CT molecular complexity index is 823. The van der Waals surface area contributed by atoms with Crippen molar-refractivity contribution in [3.05, 3.63) is 59.6 Å². The average molecular weight is 386 g/mol. The Labute approximate surface area is 162 Å². The van der Waals surface area contributed by atoms with Gasteiger partial charge in [0.2, 0.25) is 5.91 Å². The van der Waals surface area contributed by atoms with E-state index in [0.29, 0.717) is 24.8 Å². The third kappa shape index (κ3) is 5.47. The van der Waals surface area contributed by atoms with Gasteiger partial charge < -0.3 is 5.32 Å². The van der Waals surface area contributed by atoms with E-state index in [-0.39, 0.29) is 5.91 Å². The number of hydrogen-bond donors (Lipinski definition) is 1. The van der Waals surface area contributed by atoms with E-state index in [1.165, 1.54) is 4.90 Å². The van der Waals surface area contributed by atoms with Gasteiger partial charge in [0.25, 0.3) is 0 Å². The molecule has 0 atom stereocenters. The number of aromatic nitrogens is 2. The van der Waals surface area contributed by atoms with Gasteiger partial charge in [-0.1, -0.05) is 32.0 Å². The molecule has 0 bridgehead atoms. The lowest BCUT2D eigenvalue weighted by Crippen LogP contribution is -2.28. The van der Waals surface area contributed by atoms with Crippen molar-refractivity contribution in [3.63, 3.8) is 0 Å². The average Bonchev–Trinajstić information content (AvgIpc) is 3.27. The number of carbonyl (C=O) groups excluding carboxylic acids is 1. The Morgan fingerprint density at radius 1 is 1.23 bits per heavy atom. The van der Waals surface area contributed by atoms with E-state index in [0.717, 1.165) is 16.1 Å². The highest BCUT2D eigenvalue weighted by Crippen LogP contribution is 2.23. The van der Waals surface area contributed by atoms with E-state index < -0.39 is 0 Å². The minimum absolute atomic E-state index is 0.0416. The van der Waals surface area contributed by atoms with E-state index in [2.05, 4.69) is 42.5 Å². The molecule has 3 rings (SSSR count). The zero-order valence-corrected chi connectivity index (χ0v) is 16.6. The number of amides is 1. The van der Waals surface area contributed by atoms with Crippen molar-refractivity contribution in [2.75, 3.05) is 6.54 Å². The smallest absolute Gasteiger partial charge is 0.224 e. The molecule has 2 aromatic heterocycles. The molecule has 0 aliphatic heterocycles. The van der Waals surface area contributed by atoms with Gasteiger partial charge in [-0.05, 0) is 35.2 Å². The molecule has 1 amide bonds. The largest absolute Gasteiger partial charge is 0.354 e. The molecule has 2 heterocycles. The van der Waals surface area contributed by atoms with Crippen molar-refractivity contribution < 1.29 is 4.79 Å². The Morgan fingerprint density at radius 2 is 2.04 bits per heavy atom. The monoisotopic (exact) mass is 385 g/mol. The molecule has 0 saturated carbocycles. The third-order valence-corrected chi connectivity index (χ3v) is 5.65. The predicted octanol–water partition coefficient (Wildman–Crippen LogP) is 4.47. The van der Waals surface area contributed by atoms with Crippen molar-refractivity contribution in [3.8, 4) is 10.6 Å². The van der Waals surface area contributed by atoms with Crippen LogP contribution in [0.25, 0.3) is 10.6 Å². The van der Waals surface area contributed by atoms with Gasteiger partial charge >= 0.3 is 0 Å². The molecule has 0 aliphatic carbocycles. The number of carbonyl (C=O) groups is 1. The van der Waals surface area contributed by atoms with Gasteiger partial charge in [-0.2, -0.15) is 5.10 Å². The normalized spacial score (nSPS) is 11.0. The van der Waals surface area contributed by atoms with Gasteiger partial charge in [-0.15, -0.1) is 23.1 Å². The van der Waals surface area contributed by atoms with Crippen LogP contribution in [-0.2, 0) is 17.8 Å². The first-order chi connectivity index (χ1) is 12.6. The van der Waals surface area contributed by atoms with Crippen molar-refractivity contribution in [2.24, 2.45) is 0 Å². The summed E-state index contributed by atoms with van der Waals surface area (Å²) in [7, 11) is 0. The second kappa shape index (κ2) is 9.05. The second-order valence-corrected chi connectivity index (χ2v) is 8.88. The van der Waals surface area contributed by atoms with E-state index in [1.54, 1.807) is 11.3 Å². The minimum Gasteiger partial charge on any atom is -0.354 e. The number of thioether (sulfide) groups is 1. The first-order valence-electron chi connectivity index (χ1n) is 8.70. The summed E-state index contributed by atoms with van der Waals surface area (Å²) in [4.78, 5) is 14.5. The molecule has 4 nitrogen and oxygen atoms in total. The molecule has 6 heteroatoms. The summed E-state index contributed by atoms with van der Waals surface area (Å²) < 4.78 is 1.87. The third-order valence-electron chi connectivity index (χ3n) is 3.74. The quantitative estimate of drug-likeness (QED) is 0.582. The summed E-state index contributed by atoms with van der Waals surface area (Å²) in [6.45, 7) is 5.59. The Morgan fingerprint density at radius 3 is 2.73 bits per heavy atom. The highest BCUT2D eigenvalue weighted by Gasteiger charge is 2.06. The fourth-order valence-electron chi connectivity index (χ4n) is 2.56. The van der Waals surface area contributed by atoms with Crippen LogP contribution in [0.2, 0.25) is 0 Å². The van der Waals surface area contributed by atoms with Crippen LogP contribution in [-0.4, -0.2) is 27.5 Å². The number of thiophene rings is 1. The zero-order chi connectivity index (χ0) is 18.4.